The molecule has 0 aliphatic heterocycles. The maximum absolute atomic E-state index is 10.0. The van der Waals surface area contributed by atoms with Crippen molar-refractivity contribution in [3.05, 3.63) is 0 Å². The van der Waals surface area contributed by atoms with Crippen LogP contribution >= 0.6 is 0 Å². The highest BCUT2D eigenvalue weighted by molar-refractivity contribution is 4.70. The van der Waals surface area contributed by atoms with Crippen LogP contribution < -0.4 is 0 Å². The maximum atomic E-state index is 10.0. The molecule has 110 valence electrons. The summed E-state index contributed by atoms with van der Waals surface area (Å²) in [6.45, 7) is 9.45. The molecule has 0 fully saturated rings. The fourth-order valence-electron chi connectivity index (χ4n) is 1.78. The fraction of sp³-hybridized carbons (Fsp3) is 1.00. The lowest BCUT2D eigenvalue weighted by Crippen LogP contribution is -2.36. The van der Waals surface area contributed by atoms with Crippen molar-refractivity contribution < 1.29 is 20.1 Å². The smallest absolute Gasteiger partial charge is 0.157 e. The van der Waals surface area contributed by atoms with E-state index < -0.39 is 24.6 Å². The molecule has 0 heterocycles. The van der Waals surface area contributed by atoms with Crippen molar-refractivity contribution in [2.45, 2.75) is 78.5 Å². The molecule has 0 saturated heterocycles. The molecular weight excluding hydrogens is 232 g/mol. The lowest BCUT2D eigenvalue weighted by atomic mass is 9.93. The molecule has 0 aromatic rings. The Morgan fingerprint density at radius 2 is 1.50 bits per heavy atom. The van der Waals surface area contributed by atoms with Gasteiger partial charge in [0.2, 0.25) is 0 Å². The van der Waals surface area contributed by atoms with Crippen molar-refractivity contribution in [2.24, 2.45) is 11.8 Å². The Balaban J connectivity index is 4.30. The molecule has 0 spiro atoms. The number of hydrogen-bond acceptors (Lipinski definition) is 4. The summed E-state index contributed by atoms with van der Waals surface area (Å²) in [5.74, 6) is 0.397. The highest BCUT2D eigenvalue weighted by atomic mass is 16.6. The van der Waals surface area contributed by atoms with E-state index in [1.54, 1.807) is 13.8 Å². The zero-order valence-corrected chi connectivity index (χ0v) is 12.3. The Morgan fingerprint density at radius 1 is 0.944 bits per heavy atom. The first-order chi connectivity index (χ1) is 8.29. The predicted molar refractivity (Wildman–Crippen MR) is 72.1 cm³/mol. The molecule has 4 heteroatoms. The summed E-state index contributed by atoms with van der Waals surface area (Å²) >= 11 is 0. The standard InChI is InChI=1S/C14H30O4/c1-6-9(2)11(4)14(17)18-13(12(5)16)8-7-10(3)15/h9-17H,6-8H2,1-5H3. The van der Waals surface area contributed by atoms with E-state index in [1.807, 2.05) is 6.92 Å². The van der Waals surface area contributed by atoms with Crippen LogP contribution in [0.5, 0.6) is 0 Å². The molecule has 6 unspecified atom stereocenters. The highest BCUT2D eigenvalue weighted by Gasteiger charge is 2.26. The maximum Gasteiger partial charge on any atom is 0.157 e. The molecule has 0 aliphatic rings. The van der Waals surface area contributed by atoms with Crippen LogP contribution in [0.25, 0.3) is 0 Å². The predicted octanol–water partition coefficient (Wildman–Crippen LogP) is 1.91. The summed E-state index contributed by atoms with van der Waals surface area (Å²) in [5.41, 5.74) is 0. The van der Waals surface area contributed by atoms with Gasteiger partial charge in [-0.05, 0) is 32.6 Å². The fourth-order valence-corrected chi connectivity index (χ4v) is 1.78. The second-order valence-corrected chi connectivity index (χ2v) is 5.48. The molecule has 0 aromatic carbocycles. The van der Waals surface area contributed by atoms with Gasteiger partial charge in [-0.2, -0.15) is 0 Å². The van der Waals surface area contributed by atoms with Crippen molar-refractivity contribution >= 4 is 0 Å². The van der Waals surface area contributed by atoms with Gasteiger partial charge in [-0.3, -0.25) is 0 Å². The first-order valence-corrected chi connectivity index (χ1v) is 6.99. The van der Waals surface area contributed by atoms with Crippen LogP contribution in [-0.4, -0.2) is 39.9 Å². The zero-order valence-electron chi connectivity index (χ0n) is 12.3. The Bertz CT molecular complexity index is 206. The van der Waals surface area contributed by atoms with Crippen LogP contribution in [-0.2, 0) is 4.74 Å². The van der Waals surface area contributed by atoms with E-state index in [-0.39, 0.29) is 5.92 Å². The van der Waals surface area contributed by atoms with E-state index in [9.17, 15) is 15.3 Å². The van der Waals surface area contributed by atoms with Gasteiger partial charge in [-0.15, -0.1) is 0 Å². The second-order valence-electron chi connectivity index (χ2n) is 5.48. The lowest BCUT2D eigenvalue weighted by Gasteiger charge is -2.30. The molecule has 18 heavy (non-hydrogen) atoms. The van der Waals surface area contributed by atoms with Gasteiger partial charge < -0.3 is 20.1 Å². The SMILES string of the molecule is CCC(C)C(C)C(O)OC(CCC(C)O)C(C)O. The minimum atomic E-state index is -0.867. The third kappa shape index (κ3) is 6.69. The lowest BCUT2D eigenvalue weighted by molar-refractivity contribution is -0.194. The summed E-state index contributed by atoms with van der Waals surface area (Å²) in [6.07, 6.45) is -0.287. The molecule has 0 amide bonds. The van der Waals surface area contributed by atoms with Gasteiger partial charge in [0.15, 0.2) is 6.29 Å². The Labute approximate surface area is 111 Å². The molecule has 0 radical (unpaired) electrons. The minimum Gasteiger partial charge on any atom is -0.393 e. The quantitative estimate of drug-likeness (QED) is 0.555. The molecule has 0 aromatic heterocycles. The van der Waals surface area contributed by atoms with Crippen molar-refractivity contribution in [3.63, 3.8) is 0 Å². The van der Waals surface area contributed by atoms with Crippen LogP contribution in [0.1, 0.15) is 53.9 Å². The second kappa shape index (κ2) is 8.86. The molecule has 0 aliphatic carbocycles. The van der Waals surface area contributed by atoms with E-state index in [0.717, 1.165) is 6.42 Å². The van der Waals surface area contributed by atoms with Gasteiger partial charge in [0.05, 0.1) is 18.3 Å². The number of rotatable bonds is 9. The van der Waals surface area contributed by atoms with Gasteiger partial charge in [-0.1, -0.05) is 27.2 Å². The monoisotopic (exact) mass is 262 g/mol. The van der Waals surface area contributed by atoms with Crippen molar-refractivity contribution in [2.75, 3.05) is 0 Å². The van der Waals surface area contributed by atoms with Gasteiger partial charge in [0, 0.05) is 5.92 Å². The molecule has 4 nitrogen and oxygen atoms in total. The third-order valence-corrected chi connectivity index (χ3v) is 3.71. The van der Waals surface area contributed by atoms with E-state index in [0.29, 0.717) is 18.8 Å². The molecule has 0 bridgehead atoms. The topological polar surface area (TPSA) is 69.9 Å². The van der Waals surface area contributed by atoms with Gasteiger partial charge in [-0.25, -0.2) is 0 Å². The zero-order chi connectivity index (χ0) is 14.3. The molecule has 0 saturated carbocycles. The Morgan fingerprint density at radius 3 is 1.89 bits per heavy atom. The highest BCUT2D eigenvalue weighted by Crippen LogP contribution is 2.22. The summed E-state index contributed by atoms with van der Waals surface area (Å²) < 4.78 is 5.54. The van der Waals surface area contributed by atoms with Crippen LogP contribution in [0.3, 0.4) is 0 Å². The number of aliphatic hydroxyl groups is 3. The Hall–Kier alpha value is -0.160. The van der Waals surface area contributed by atoms with Gasteiger partial charge >= 0.3 is 0 Å². The third-order valence-electron chi connectivity index (χ3n) is 3.71. The number of aliphatic hydroxyl groups excluding tert-OH is 3. The average molecular weight is 262 g/mol. The summed E-state index contributed by atoms with van der Waals surface area (Å²) in [5, 5.41) is 28.9. The number of hydrogen-bond donors (Lipinski definition) is 3. The van der Waals surface area contributed by atoms with Crippen molar-refractivity contribution in [3.8, 4) is 0 Å². The Kier molecular flexibility index (Phi) is 8.78. The van der Waals surface area contributed by atoms with Crippen molar-refractivity contribution in [1.29, 1.82) is 0 Å². The van der Waals surface area contributed by atoms with Gasteiger partial charge in [0.1, 0.15) is 0 Å². The van der Waals surface area contributed by atoms with Crippen LogP contribution in [0.2, 0.25) is 0 Å². The van der Waals surface area contributed by atoms with Crippen LogP contribution in [0.15, 0.2) is 0 Å². The summed E-state index contributed by atoms with van der Waals surface area (Å²) in [6, 6.07) is 0. The van der Waals surface area contributed by atoms with E-state index in [2.05, 4.69) is 13.8 Å². The average Bonchev–Trinajstić information content (AvgIpc) is 2.31. The largest absolute Gasteiger partial charge is 0.393 e. The molecule has 0 rings (SSSR count). The number of ether oxygens (including phenoxy) is 1. The van der Waals surface area contributed by atoms with Crippen LogP contribution in [0.4, 0.5) is 0 Å². The molecule has 6 atom stereocenters. The molecule has 3 N–H and O–H groups in total. The molecular formula is C14H30O4. The normalized spacial score (nSPS) is 22.0. The van der Waals surface area contributed by atoms with Gasteiger partial charge in [0.25, 0.3) is 0 Å². The first kappa shape index (κ1) is 17.8. The van der Waals surface area contributed by atoms with E-state index in [1.165, 1.54) is 0 Å². The summed E-state index contributed by atoms with van der Waals surface area (Å²) in [7, 11) is 0. The van der Waals surface area contributed by atoms with Crippen LogP contribution in [0, 0.1) is 11.8 Å². The summed E-state index contributed by atoms with van der Waals surface area (Å²) in [4.78, 5) is 0. The van der Waals surface area contributed by atoms with E-state index in [4.69, 9.17) is 4.74 Å². The van der Waals surface area contributed by atoms with E-state index >= 15 is 0 Å². The van der Waals surface area contributed by atoms with Crippen molar-refractivity contribution in [1.82, 2.24) is 0 Å². The minimum absolute atomic E-state index is 0.0304. The first-order valence-electron chi connectivity index (χ1n) is 6.99.